The second-order valence-electron chi connectivity index (χ2n) is 27.1. The smallest absolute Gasteiger partial charge is 0.225 e. The van der Waals surface area contributed by atoms with Crippen molar-refractivity contribution in [3.63, 3.8) is 0 Å². The van der Waals surface area contributed by atoms with Gasteiger partial charge in [0.1, 0.15) is 69.1 Å². The minimum Gasteiger partial charge on any atom is -0.497 e. The summed E-state index contributed by atoms with van der Waals surface area (Å²) in [6.45, 7) is 25.6. The van der Waals surface area contributed by atoms with Crippen LogP contribution in [0.25, 0.3) is 33.1 Å². The highest BCUT2D eigenvalue weighted by Crippen LogP contribution is 2.32. The number of nitrogens with zero attached hydrogens (tertiary/aromatic N) is 10. The molecule has 6 heterocycles. The highest BCUT2D eigenvalue weighted by Gasteiger charge is 2.29. The largest absolute Gasteiger partial charge is 0.497 e. The molecule has 26 nitrogen and oxygen atoms in total. The van der Waals surface area contributed by atoms with Crippen LogP contribution in [-0.2, 0) is 42.6 Å². The van der Waals surface area contributed by atoms with Gasteiger partial charge in [-0.15, -0.1) is 12.4 Å². The number of benzene rings is 2. The Kier molecular flexibility index (Phi) is 41.5. The number of rotatable bonds is 33. The van der Waals surface area contributed by atoms with Crippen LogP contribution in [0.3, 0.4) is 0 Å². The highest BCUT2D eigenvalue weighted by molar-refractivity contribution is 7.91. The van der Waals surface area contributed by atoms with Crippen LogP contribution in [0.4, 0.5) is 23.5 Å². The Morgan fingerprint density at radius 2 is 0.953 bits per heavy atom. The summed E-state index contributed by atoms with van der Waals surface area (Å²) >= 11 is 11.4. The maximum absolute atomic E-state index is 11.9. The lowest BCUT2D eigenvalue weighted by molar-refractivity contribution is 0.185. The Labute approximate surface area is 648 Å². The number of anilines is 4. The second kappa shape index (κ2) is 46.3. The Morgan fingerprint density at radius 3 is 1.37 bits per heavy atom. The number of halogens is 3. The van der Waals surface area contributed by atoms with E-state index in [1.165, 1.54) is 18.8 Å². The molecule has 6 aromatic heterocycles. The van der Waals surface area contributed by atoms with Gasteiger partial charge in [-0.1, -0.05) is 83.9 Å². The van der Waals surface area contributed by atoms with E-state index in [9.17, 15) is 25.3 Å². The zero-order chi connectivity index (χ0) is 78.8. The van der Waals surface area contributed by atoms with Crippen LogP contribution in [0.1, 0.15) is 166 Å². The van der Waals surface area contributed by atoms with Crippen molar-refractivity contribution in [2.24, 2.45) is 11.5 Å². The third-order valence-electron chi connectivity index (χ3n) is 16.8. The van der Waals surface area contributed by atoms with E-state index in [1.807, 2.05) is 75.4 Å². The standard InChI is InChI=1S/C25H35N5O4S.C16H25N5O2S.C9H21NO2S.C9H13NO2.C8H19N.C7H3Cl2N3.ClH.H2/c1-6-7-12-25(2,13-15-35(5,31)32)30-23-22-20(9-8-14-26-22)28-24(29-23)27-17-18-10-11-19(33-3)16-21(18)34-4;1-4-5-8-16(2,9-11-24(3,22)23)21-14-13-12(7-6-10-18-13)19-15(17)20-14;1-4-5-6-9(2,10)7-8-13(3,11)12;1-11-8-4-3-7(6-10)9(5-8)12-2;1-6-9(7(2)3)8(4)5;8-6-5-4(2-1-3-10-5)11-7(9)12-6;;/h8-11,14,16H,6-7,12-13,15,17H2,1-5H3,(H2,27,28,29,30);6-7,10H,4-5,8-9,11H2,1-3H3,(H3,17,19,20,21);4-8,10H2,1-3H3;3-5H,6,10H2,1-2H3;7-8H,6H2,1-5H3;1-3H;2*1H/t25-;16-;9-;;;;;/m001...../s1/i;;;;;;;1+1. The number of nitrogens with two attached hydrogens (primary N) is 3. The molecule has 0 radical (unpaired) electrons. The number of aromatic nitrogens is 9. The number of fused-ring (bicyclic) bond motifs is 3. The molecule has 0 unspecified atom stereocenters. The van der Waals surface area contributed by atoms with E-state index in [-0.39, 0.29) is 53.0 Å². The van der Waals surface area contributed by atoms with Crippen LogP contribution in [0.5, 0.6) is 23.0 Å². The van der Waals surface area contributed by atoms with Gasteiger partial charge in [-0.05, 0) is 160 Å². The van der Waals surface area contributed by atoms with Crippen molar-refractivity contribution in [3.8, 4) is 23.0 Å². The molecule has 32 heteroatoms. The summed E-state index contributed by atoms with van der Waals surface area (Å²) in [4.78, 5) is 40.8. The molecule has 0 fully saturated rings. The predicted molar refractivity (Wildman–Crippen MR) is 441 cm³/mol. The van der Waals surface area contributed by atoms with Gasteiger partial charge in [0.2, 0.25) is 17.2 Å². The lowest BCUT2D eigenvalue weighted by atomic mass is 9.92. The highest BCUT2D eigenvalue weighted by atomic mass is 35.5. The normalized spacial score (nSPS) is 13.0. The van der Waals surface area contributed by atoms with Gasteiger partial charge < -0.3 is 52.1 Å². The maximum Gasteiger partial charge on any atom is 0.225 e. The molecule has 0 bridgehead atoms. The molecule has 3 atom stereocenters. The summed E-state index contributed by atoms with van der Waals surface area (Å²) in [5, 5.41) is 10.6. The fourth-order valence-corrected chi connectivity index (χ4v) is 13.7. The van der Waals surface area contributed by atoms with Crippen LogP contribution in [0, 0.1) is 0 Å². The van der Waals surface area contributed by atoms with E-state index in [1.54, 1.807) is 65.2 Å². The van der Waals surface area contributed by atoms with Crippen molar-refractivity contribution in [3.05, 3.63) is 113 Å². The molecule has 0 spiro atoms. The van der Waals surface area contributed by atoms with Crippen LogP contribution in [0.2, 0.25) is 10.4 Å². The van der Waals surface area contributed by atoms with E-state index in [0.717, 1.165) is 87.0 Å². The third kappa shape index (κ3) is 35.3. The lowest BCUT2D eigenvalue weighted by Crippen LogP contribution is -2.37. The van der Waals surface area contributed by atoms with E-state index in [0.29, 0.717) is 107 Å². The van der Waals surface area contributed by atoms with Crippen LogP contribution >= 0.6 is 35.6 Å². The Hall–Kier alpha value is -7.09. The molecule has 2 aromatic carbocycles. The Morgan fingerprint density at radius 1 is 0.538 bits per heavy atom. The number of pyridine rings is 3. The monoisotopic (exact) mass is 1590 g/mol. The number of ether oxygens (including phenoxy) is 4. The molecule has 8 aromatic rings. The van der Waals surface area contributed by atoms with Crippen LogP contribution in [-0.4, -0.2) is 175 Å². The maximum atomic E-state index is 11.9. The topological polar surface area (TPSA) is 373 Å². The zero-order valence-electron chi connectivity index (χ0n) is 65.2. The van der Waals surface area contributed by atoms with Crippen LogP contribution in [0.15, 0.2) is 91.4 Å². The average Bonchev–Trinajstić information content (AvgIpc) is 0.802. The zero-order valence-corrected chi connectivity index (χ0v) is 70.0. The fraction of sp³-hybridized carbons (Fsp3) is 0.554. The molecule has 0 aliphatic carbocycles. The Bertz CT molecular complexity index is 4310. The van der Waals surface area contributed by atoms with E-state index < -0.39 is 40.6 Å². The average molecular weight is 1600 g/mol. The molecular weight excluding hydrogens is 1480 g/mol. The fourth-order valence-electron chi connectivity index (χ4n) is 10.8. The van der Waals surface area contributed by atoms with Gasteiger partial charge in [0.05, 0.1) is 62.2 Å². The van der Waals surface area contributed by atoms with Gasteiger partial charge in [0.15, 0.2) is 16.8 Å². The second-order valence-corrected chi connectivity index (χ2v) is 34.6. The van der Waals surface area contributed by atoms with Gasteiger partial charge in [-0.2, -0.15) is 9.97 Å². The summed E-state index contributed by atoms with van der Waals surface area (Å²) in [6, 6.07) is 23.5. The minimum absolute atomic E-state index is 0. The predicted octanol–water partition coefficient (Wildman–Crippen LogP) is 14.5. The minimum atomic E-state index is -3.10. The Balaban J connectivity index is 0.000000689. The van der Waals surface area contributed by atoms with Gasteiger partial charge in [-0.25, -0.2) is 45.2 Å². The molecule has 106 heavy (non-hydrogen) atoms. The molecule has 0 amide bonds. The van der Waals surface area contributed by atoms with Gasteiger partial charge in [-0.3, -0.25) is 19.9 Å². The first-order valence-corrected chi connectivity index (χ1v) is 42.2. The van der Waals surface area contributed by atoms with E-state index in [2.05, 4.69) is 116 Å². The molecule has 0 aliphatic heterocycles. The summed E-state index contributed by atoms with van der Waals surface area (Å²) in [7, 11) is -2.53. The van der Waals surface area contributed by atoms with Gasteiger partial charge in [0.25, 0.3) is 0 Å². The summed E-state index contributed by atoms with van der Waals surface area (Å²) in [5.41, 5.74) is 21.8. The molecule has 594 valence electrons. The SMILES string of the molecule is CCCC[C@@](C)(CCS(C)(=O)=O)Nc1nc(N)nc2cccnc12.CCCC[C@@](C)(CCS(C)(=O)=O)Nc1nc(NCc2ccc(OC)cc2OC)nc2cccnc12.CCCC[C@@](C)(N)CCS(C)(=O)=O.CCN(C(C)C)C(C)C.COc1ccc(CN)c(OC)c1.Cl.Clc1nc(Cl)c2ncccc2n1.[2HH]. The number of hydrogen-bond donors (Lipinski definition) is 6. The summed E-state index contributed by atoms with van der Waals surface area (Å²) in [5.74, 6) is 5.11. The lowest BCUT2D eigenvalue weighted by Gasteiger charge is -2.32. The quantitative estimate of drug-likeness (QED) is 0.0164. The van der Waals surface area contributed by atoms with Crippen molar-refractivity contribution in [1.82, 2.24) is 49.8 Å². The van der Waals surface area contributed by atoms with Crippen molar-refractivity contribution in [2.45, 2.75) is 195 Å². The first-order valence-electron chi connectivity index (χ1n) is 35.3. The molecule has 0 saturated carbocycles. The number of hydrogen-bond acceptors (Lipinski definition) is 26. The number of unbranched alkanes of at least 4 members (excludes halogenated alkanes) is 3. The molecule has 0 aliphatic rings. The van der Waals surface area contributed by atoms with Gasteiger partial charge >= 0.3 is 0 Å². The first-order chi connectivity index (χ1) is 49.3. The number of nitrogen functional groups attached to an aromatic ring is 1. The number of sulfone groups is 3. The van der Waals surface area contributed by atoms with Gasteiger partial charge in [0, 0.05) is 104 Å². The van der Waals surface area contributed by atoms with Crippen molar-refractivity contribution < 1.29 is 45.6 Å². The molecular formula is C74H119Cl3N16O10S3. The molecule has 0 saturated heterocycles. The third-order valence-corrected chi connectivity index (χ3v) is 20.1. The number of methoxy groups -OCH3 is 4. The summed E-state index contributed by atoms with van der Waals surface area (Å²) in [6.07, 6.45) is 19.0. The molecule has 8 rings (SSSR count). The van der Waals surface area contributed by atoms with Crippen molar-refractivity contribution in [2.75, 3.05) is 92.7 Å². The van der Waals surface area contributed by atoms with E-state index >= 15 is 0 Å². The van der Waals surface area contributed by atoms with E-state index in [4.69, 9.17) is 64.3 Å². The van der Waals surface area contributed by atoms with Crippen molar-refractivity contribution in [1.29, 1.82) is 0 Å². The molecule has 9 N–H and O–H groups in total. The van der Waals surface area contributed by atoms with Crippen molar-refractivity contribution >= 4 is 122 Å². The van der Waals surface area contributed by atoms with Crippen LogP contribution < -0.4 is 52.1 Å². The first kappa shape index (κ1) is 95.0. The number of nitrogens with one attached hydrogen (secondary N) is 3. The summed E-state index contributed by atoms with van der Waals surface area (Å²) < 4.78 is 89.7.